The average Bonchev–Trinajstić information content (AvgIpc) is 2.16. The monoisotopic (exact) mass is 271 g/mol. The van der Waals surface area contributed by atoms with E-state index >= 15 is 0 Å². The third-order valence-corrected chi connectivity index (χ3v) is 2.59. The van der Waals surface area contributed by atoms with Crippen LogP contribution in [0.4, 0.5) is 0 Å². The first kappa shape index (κ1) is 12.2. The molecule has 3 nitrogen and oxygen atoms in total. The molecule has 0 saturated carbocycles. The van der Waals surface area contributed by atoms with Crippen molar-refractivity contribution in [1.82, 2.24) is 0 Å². The van der Waals surface area contributed by atoms with Gasteiger partial charge in [-0.3, -0.25) is 4.79 Å². The predicted octanol–water partition coefficient (Wildman–Crippen LogP) is 2.44. The number of carbonyl (C=O) groups is 1. The van der Waals surface area contributed by atoms with Gasteiger partial charge in [-0.2, -0.15) is 0 Å². The molecule has 1 unspecified atom stereocenters. The Bertz CT molecular complexity index is 366. The lowest BCUT2D eigenvalue weighted by Gasteiger charge is -2.14. The van der Waals surface area contributed by atoms with Gasteiger partial charge >= 0.3 is 0 Å². The van der Waals surface area contributed by atoms with Gasteiger partial charge in [0.1, 0.15) is 11.5 Å². The van der Waals surface area contributed by atoms with Crippen molar-refractivity contribution < 1.29 is 9.53 Å². The molecular formula is C11H14BrNO2. The Hall–Kier alpha value is -0.870. The largest absolute Gasteiger partial charge is 0.496 e. The fourth-order valence-electron chi connectivity index (χ4n) is 1.41. The van der Waals surface area contributed by atoms with Gasteiger partial charge in [-0.05, 0) is 25.1 Å². The van der Waals surface area contributed by atoms with Crippen LogP contribution in [-0.2, 0) is 4.79 Å². The number of halogens is 1. The van der Waals surface area contributed by atoms with Crippen LogP contribution in [0.3, 0.4) is 0 Å². The zero-order valence-corrected chi connectivity index (χ0v) is 10.4. The van der Waals surface area contributed by atoms with Crippen LogP contribution in [0.1, 0.15) is 24.9 Å². The minimum Gasteiger partial charge on any atom is -0.496 e. The van der Waals surface area contributed by atoms with E-state index in [1.807, 2.05) is 18.2 Å². The topological polar surface area (TPSA) is 52.3 Å². The molecule has 2 N–H and O–H groups in total. The smallest absolute Gasteiger partial charge is 0.131 e. The summed E-state index contributed by atoms with van der Waals surface area (Å²) in [5.74, 6) is 0.788. The molecule has 1 aromatic carbocycles. The SMILES string of the molecule is COc1ccc(Br)cc1C(N)CC(C)=O. The van der Waals surface area contributed by atoms with Crippen molar-refractivity contribution in [3.8, 4) is 5.75 Å². The summed E-state index contributed by atoms with van der Waals surface area (Å²) < 4.78 is 6.12. The van der Waals surface area contributed by atoms with E-state index in [9.17, 15) is 4.79 Å². The van der Waals surface area contributed by atoms with E-state index in [-0.39, 0.29) is 11.8 Å². The van der Waals surface area contributed by atoms with E-state index in [1.54, 1.807) is 7.11 Å². The Balaban J connectivity index is 2.99. The lowest BCUT2D eigenvalue weighted by atomic mass is 10.0. The predicted molar refractivity (Wildman–Crippen MR) is 62.9 cm³/mol. The van der Waals surface area contributed by atoms with Crippen molar-refractivity contribution in [2.24, 2.45) is 5.73 Å². The number of carbonyl (C=O) groups excluding carboxylic acids is 1. The number of ketones is 1. The summed E-state index contributed by atoms with van der Waals surface area (Å²) in [6.07, 6.45) is 0.326. The highest BCUT2D eigenvalue weighted by Crippen LogP contribution is 2.28. The van der Waals surface area contributed by atoms with Crippen LogP contribution < -0.4 is 10.5 Å². The second kappa shape index (κ2) is 5.28. The number of ether oxygens (including phenoxy) is 1. The van der Waals surface area contributed by atoms with E-state index in [1.165, 1.54) is 6.92 Å². The molecule has 0 fully saturated rings. The van der Waals surface area contributed by atoms with Crippen molar-refractivity contribution in [3.05, 3.63) is 28.2 Å². The van der Waals surface area contributed by atoms with Gasteiger partial charge in [0.2, 0.25) is 0 Å². The minimum absolute atomic E-state index is 0.0736. The highest BCUT2D eigenvalue weighted by Gasteiger charge is 2.13. The van der Waals surface area contributed by atoms with Gasteiger partial charge in [-0.15, -0.1) is 0 Å². The normalized spacial score (nSPS) is 12.3. The average molecular weight is 272 g/mol. The van der Waals surface area contributed by atoms with Crippen LogP contribution in [0.25, 0.3) is 0 Å². The fraction of sp³-hybridized carbons (Fsp3) is 0.364. The molecule has 0 radical (unpaired) electrons. The second-order valence-corrected chi connectivity index (χ2v) is 4.31. The molecular weight excluding hydrogens is 258 g/mol. The molecule has 0 spiro atoms. The van der Waals surface area contributed by atoms with Gasteiger partial charge in [0.15, 0.2) is 0 Å². The van der Waals surface area contributed by atoms with Gasteiger partial charge in [0.05, 0.1) is 7.11 Å². The maximum absolute atomic E-state index is 11.0. The van der Waals surface area contributed by atoms with E-state index in [2.05, 4.69) is 15.9 Å². The lowest BCUT2D eigenvalue weighted by Crippen LogP contribution is -2.14. The van der Waals surface area contributed by atoms with Gasteiger partial charge in [-0.25, -0.2) is 0 Å². The van der Waals surface area contributed by atoms with E-state index < -0.39 is 0 Å². The maximum atomic E-state index is 11.0. The summed E-state index contributed by atoms with van der Waals surface area (Å²) in [7, 11) is 1.59. The quantitative estimate of drug-likeness (QED) is 0.915. The van der Waals surface area contributed by atoms with Gasteiger partial charge in [0.25, 0.3) is 0 Å². The Kier molecular flexibility index (Phi) is 4.29. The Morgan fingerprint density at radius 1 is 1.60 bits per heavy atom. The van der Waals surface area contributed by atoms with Crippen molar-refractivity contribution in [3.63, 3.8) is 0 Å². The third-order valence-electron chi connectivity index (χ3n) is 2.10. The number of benzene rings is 1. The molecule has 0 amide bonds. The van der Waals surface area contributed by atoms with Crippen LogP contribution in [0.5, 0.6) is 5.75 Å². The van der Waals surface area contributed by atoms with E-state index in [0.717, 1.165) is 10.0 Å². The van der Waals surface area contributed by atoms with Gasteiger partial charge < -0.3 is 10.5 Å². The summed E-state index contributed by atoms with van der Waals surface area (Å²) in [5, 5.41) is 0. The van der Waals surface area contributed by atoms with Crippen molar-refractivity contribution >= 4 is 21.7 Å². The van der Waals surface area contributed by atoms with Crippen molar-refractivity contribution in [2.75, 3.05) is 7.11 Å². The van der Waals surface area contributed by atoms with E-state index in [4.69, 9.17) is 10.5 Å². The lowest BCUT2D eigenvalue weighted by molar-refractivity contribution is -0.117. The fourth-order valence-corrected chi connectivity index (χ4v) is 1.79. The molecule has 1 rings (SSSR count). The van der Waals surface area contributed by atoms with Gasteiger partial charge in [0, 0.05) is 22.5 Å². The Morgan fingerprint density at radius 2 is 2.27 bits per heavy atom. The van der Waals surface area contributed by atoms with Crippen molar-refractivity contribution in [2.45, 2.75) is 19.4 Å². The number of nitrogens with two attached hydrogens (primary N) is 1. The summed E-state index contributed by atoms with van der Waals surface area (Å²) >= 11 is 3.36. The van der Waals surface area contributed by atoms with Gasteiger partial charge in [-0.1, -0.05) is 15.9 Å². The van der Waals surface area contributed by atoms with Crippen LogP contribution in [0.2, 0.25) is 0 Å². The van der Waals surface area contributed by atoms with Crippen LogP contribution >= 0.6 is 15.9 Å². The number of rotatable bonds is 4. The molecule has 0 aliphatic carbocycles. The Morgan fingerprint density at radius 3 is 2.80 bits per heavy atom. The molecule has 1 aromatic rings. The standard InChI is InChI=1S/C11H14BrNO2/c1-7(14)5-10(13)9-6-8(12)3-4-11(9)15-2/h3-4,6,10H,5,13H2,1-2H3. The zero-order chi connectivity index (χ0) is 11.4. The first-order valence-electron chi connectivity index (χ1n) is 4.63. The first-order valence-corrected chi connectivity index (χ1v) is 5.42. The minimum atomic E-state index is -0.310. The molecule has 0 aliphatic rings. The number of hydrogen-bond donors (Lipinski definition) is 1. The summed E-state index contributed by atoms with van der Waals surface area (Å²) in [4.78, 5) is 11.0. The van der Waals surface area contributed by atoms with Crippen LogP contribution in [-0.4, -0.2) is 12.9 Å². The maximum Gasteiger partial charge on any atom is 0.131 e. The first-order chi connectivity index (χ1) is 7.04. The summed E-state index contributed by atoms with van der Waals surface area (Å²) in [6, 6.07) is 5.28. The summed E-state index contributed by atoms with van der Waals surface area (Å²) in [5.41, 5.74) is 6.77. The molecule has 0 bridgehead atoms. The number of methoxy groups -OCH3 is 1. The highest BCUT2D eigenvalue weighted by molar-refractivity contribution is 9.10. The number of Topliss-reactive ketones (excluding diaryl/α,β-unsaturated/α-hetero) is 1. The molecule has 0 heterocycles. The summed E-state index contributed by atoms with van der Waals surface area (Å²) in [6.45, 7) is 1.53. The van der Waals surface area contributed by atoms with E-state index in [0.29, 0.717) is 12.2 Å². The molecule has 15 heavy (non-hydrogen) atoms. The molecule has 4 heteroatoms. The molecule has 1 atom stereocenters. The van der Waals surface area contributed by atoms with Crippen LogP contribution in [0, 0.1) is 0 Å². The van der Waals surface area contributed by atoms with Crippen LogP contribution in [0.15, 0.2) is 22.7 Å². The van der Waals surface area contributed by atoms with Crippen molar-refractivity contribution in [1.29, 1.82) is 0 Å². The second-order valence-electron chi connectivity index (χ2n) is 3.40. The molecule has 0 aliphatic heterocycles. The molecule has 82 valence electrons. The third kappa shape index (κ3) is 3.32. The Labute approximate surface area is 97.7 Å². The highest BCUT2D eigenvalue weighted by atomic mass is 79.9. The number of hydrogen-bond acceptors (Lipinski definition) is 3. The molecule has 0 aromatic heterocycles. The molecule has 0 saturated heterocycles. The zero-order valence-electron chi connectivity index (χ0n) is 8.79.